The van der Waals surface area contributed by atoms with Gasteiger partial charge >= 0.3 is 0 Å². The van der Waals surface area contributed by atoms with Crippen LogP contribution in [0, 0.1) is 11.6 Å². The molecule has 0 aliphatic carbocycles. The van der Waals surface area contributed by atoms with E-state index in [1.807, 2.05) is 11.8 Å². The standard InChI is InChI=1S/C20H28F2N4O2.HI/c1-2-23-20(24-9-8-15-5-3-6-16(21)18(15)22)26-12-10-25(11-13-26)19(27)17-7-4-14-28-17;/h3,5-6,17H,2,4,7-14H2,1H3,(H,23,24);1H. The van der Waals surface area contributed by atoms with Gasteiger partial charge in [0, 0.05) is 45.9 Å². The predicted octanol–water partition coefficient (Wildman–Crippen LogP) is 2.41. The van der Waals surface area contributed by atoms with Crippen LogP contribution in [0.15, 0.2) is 23.2 Å². The Morgan fingerprint density at radius 2 is 1.97 bits per heavy atom. The molecular weight excluding hydrogens is 493 g/mol. The Hall–Kier alpha value is -1.49. The van der Waals surface area contributed by atoms with Crippen LogP contribution in [0.5, 0.6) is 0 Å². The van der Waals surface area contributed by atoms with Crippen LogP contribution in [-0.4, -0.2) is 73.6 Å². The van der Waals surface area contributed by atoms with Gasteiger partial charge in [0.25, 0.3) is 5.91 Å². The molecule has 3 rings (SSSR count). The van der Waals surface area contributed by atoms with E-state index in [2.05, 4.69) is 15.2 Å². The first kappa shape index (κ1) is 23.8. The summed E-state index contributed by atoms with van der Waals surface area (Å²) in [6, 6.07) is 4.20. The van der Waals surface area contributed by atoms with Gasteiger partial charge in [-0.1, -0.05) is 12.1 Å². The Morgan fingerprint density at radius 3 is 2.62 bits per heavy atom. The van der Waals surface area contributed by atoms with Gasteiger partial charge in [-0.15, -0.1) is 24.0 Å². The van der Waals surface area contributed by atoms with Crippen molar-refractivity contribution in [2.24, 2.45) is 4.99 Å². The summed E-state index contributed by atoms with van der Waals surface area (Å²) in [5.41, 5.74) is 0.326. The third kappa shape index (κ3) is 6.24. The molecule has 2 aliphatic heterocycles. The molecule has 6 nitrogen and oxygen atoms in total. The number of nitrogens with one attached hydrogen (secondary N) is 1. The van der Waals surface area contributed by atoms with Gasteiger partial charge in [-0.2, -0.15) is 0 Å². The molecular formula is C20H29F2IN4O2. The molecule has 0 spiro atoms. The number of nitrogens with zero attached hydrogens (tertiary/aromatic N) is 3. The summed E-state index contributed by atoms with van der Waals surface area (Å²) in [4.78, 5) is 21.0. The summed E-state index contributed by atoms with van der Waals surface area (Å²) in [5.74, 6) is -0.812. The fraction of sp³-hybridized carbons (Fsp3) is 0.600. The lowest BCUT2D eigenvalue weighted by molar-refractivity contribution is -0.142. The monoisotopic (exact) mass is 522 g/mol. The Kier molecular flexibility index (Phi) is 9.54. The predicted molar refractivity (Wildman–Crippen MR) is 119 cm³/mol. The van der Waals surface area contributed by atoms with Crippen molar-refractivity contribution < 1.29 is 18.3 Å². The zero-order valence-electron chi connectivity index (χ0n) is 16.7. The van der Waals surface area contributed by atoms with Crippen molar-refractivity contribution in [1.82, 2.24) is 15.1 Å². The van der Waals surface area contributed by atoms with Crippen molar-refractivity contribution in [2.75, 3.05) is 45.9 Å². The maximum absolute atomic E-state index is 13.8. The molecule has 1 amide bonds. The number of hydrogen-bond donors (Lipinski definition) is 1. The van der Waals surface area contributed by atoms with Gasteiger partial charge in [-0.25, -0.2) is 8.78 Å². The highest BCUT2D eigenvalue weighted by molar-refractivity contribution is 14.0. The molecule has 2 saturated heterocycles. The zero-order chi connectivity index (χ0) is 19.9. The third-order valence-electron chi connectivity index (χ3n) is 5.11. The molecule has 0 radical (unpaired) electrons. The third-order valence-corrected chi connectivity index (χ3v) is 5.11. The number of hydrogen-bond acceptors (Lipinski definition) is 3. The molecule has 1 aromatic carbocycles. The molecule has 2 fully saturated rings. The smallest absolute Gasteiger partial charge is 0.251 e. The van der Waals surface area contributed by atoms with E-state index < -0.39 is 11.6 Å². The SMILES string of the molecule is CCNC(=NCCc1cccc(F)c1F)N1CCN(C(=O)C2CCCO2)CC1.I. The van der Waals surface area contributed by atoms with Crippen LogP contribution >= 0.6 is 24.0 Å². The van der Waals surface area contributed by atoms with E-state index in [1.165, 1.54) is 6.07 Å². The van der Waals surface area contributed by atoms with Gasteiger partial charge in [0.1, 0.15) is 6.10 Å². The Labute approximate surface area is 187 Å². The molecule has 1 atom stereocenters. The second-order valence-electron chi connectivity index (χ2n) is 7.01. The second kappa shape index (κ2) is 11.6. The number of guanidine groups is 1. The first-order valence-corrected chi connectivity index (χ1v) is 9.96. The fourth-order valence-electron chi connectivity index (χ4n) is 3.56. The number of ether oxygens (including phenoxy) is 1. The van der Waals surface area contributed by atoms with E-state index in [-0.39, 0.29) is 36.0 Å². The maximum atomic E-state index is 13.8. The Morgan fingerprint density at radius 1 is 1.24 bits per heavy atom. The van der Waals surface area contributed by atoms with E-state index in [0.717, 1.165) is 24.9 Å². The van der Waals surface area contributed by atoms with E-state index in [0.29, 0.717) is 57.9 Å². The molecule has 2 aliphatic rings. The molecule has 2 heterocycles. The molecule has 9 heteroatoms. The molecule has 0 bridgehead atoms. The summed E-state index contributed by atoms with van der Waals surface area (Å²) in [6.07, 6.45) is 1.80. The summed E-state index contributed by atoms with van der Waals surface area (Å²) in [5, 5.41) is 3.24. The van der Waals surface area contributed by atoms with Gasteiger partial charge < -0.3 is 19.9 Å². The molecule has 1 aromatic rings. The highest BCUT2D eigenvalue weighted by Gasteiger charge is 2.30. The number of amides is 1. The number of aliphatic imine (C=N–C) groups is 1. The Bertz CT molecular complexity index is 706. The summed E-state index contributed by atoms with van der Waals surface area (Å²) >= 11 is 0. The highest BCUT2D eigenvalue weighted by Crippen LogP contribution is 2.16. The lowest BCUT2D eigenvalue weighted by Gasteiger charge is -2.37. The van der Waals surface area contributed by atoms with Gasteiger partial charge in [-0.05, 0) is 37.8 Å². The largest absolute Gasteiger partial charge is 0.368 e. The minimum Gasteiger partial charge on any atom is -0.368 e. The van der Waals surface area contributed by atoms with Crippen molar-refractivity contribution >= 4 is 35.8 Å². The van der Waals surface area contributed by atoms with Crippen LogP contribution < -0.4 is 5.32 Å². The Balaban J connectivity index is 0.00000300. The lowest BCUT2D eigenvalue weighted by atomic mass is 10.1. The maximum Gasteiger partial charge on any atom is 0.251 e. The van der Waals surface area contributed by atoms with Gasteiger partial charge in [0.15, 0.2) is 17.6 Å². The molecule has 1 unspecified atom stereocenters. The average molecular weight is 522 g/mol. The van der Waals surface area contributed by atoms with Gasteiger partial charge in [-0.3, -0.25) is 9.79 Å². The van der Waals surface area contributed by atoms with Crippen LogP contribution in [0.25, 0.3) is 0 Å². The van der Waals surface area contributed by atoms with Crippen molar-refractivity contribution in [1.29, 1.82) is 0 Å². The van der Waals surface area contributed by atoms with Crippen LogP contribution in [0.3, 0.4) is 0 Å². The van der Waals surface area contributed by atoms with E-state index in [1.54, 1.807) is 6.07 Å². The number of carbonyl (C=O) groups excluding carboxylic acids is 1. The van der Waals surface area contributed by atoms with Crippen LogP contribution in [-0.2, 0) is 16.0 Å². The molecule has 162 valence electrons. The van der Waals surface area contributed by atoms with Gasteiger partial charge in [0.05, 0.1) is 0 Å². The lowest BCUT2D eigenvalue weighted by Crippen LogP contribution is -2.55. The topological polar surface area (TPSA) is 57.2 Å². The van der Waals surface area contributed by atoms with Crippen molar-refractivity contribution in [3.05, 3.63) is 35.4 Å². The van der Waals surface area contributed by atoms with Crippen LogP contribution in [0.1, 0.15) is 25.3 Å². The second-order valence-corrected chi connectivity index (χ2v) is 7.01. The average Bonchev–Trinajstić information content (AvgIpc) is 3.25. The summed E-state index contributed by atoms with van der Waals surface area (Å²) in [6.45, 7) is 6.33. The number of halogens is 3. The van der Waals surface area contributed by atoms with E-state index in [4.69, 9.17) is 4.74 Å². The summed E-state index contributed by atoms with van der Waals surface area (Å²) < 4.78 is 32.6. The molecule has 0 aromatic heterocycles. The summed E-state index contributed by atoms with van der Waals surface area (Å²) in [7, 11) is 0. The van der Waals surface area contributed by atoms with Crippen molar-refractivity contribution in [3.8, 4) is 0 Å². The normalized spacial score (nSPS) is 19.8. The van der Waals surface area contributed by atoms with Crippen molar-refractivity contribution in [3.63, 3.8) is 0 Å². The van der Waals surface area contributed by atoms with E-state index >= 15 is 0 Å². The van der Waals surface area contributed by atoms with Crippen LogP contribution in [0.2, 0.25) is 0 Å². The first-order chi connectivity index (χ1) is 13.6. The quantitative estimate of drug-likeness (QED) is 0.367. The number of rotatable bonds is 5. The van der Waals surface area contributed by atoms with Crippen molar-refractivity contribution in [2.45, 2.75) is 32.3 Å². The minimum atomic E-state index is -0.833. The number of benzene rings is 1. The van der Waals surface area contributed by atoms with Gasteiger partial charge in [0.2, 0.25) is 0 Å². The number of piperazine rings is 1. The first-order valence-electron chi connectivity index (χ1n) is 9.96. The van der Waals surface area contributed by atoms with E-state index in [9.17, 15) is 13.6 Å². The number of carbonyl (C=O) groups is 1. The molecule has 0 saturated carbocycles. The minimum absolute atomic E-state index is 0. The van der Waals surface area contributed by atoms with Crippen LogP contribution in [0.4, 0.5) is 8.78 Å². The fourth-order valence-corrected chi connectivity index (χ4v) is 3.56. The molecule has 1 N–H and O–H groups in total. The molecule has 29 heavy (non-hydrogen) atoms. The zero-order valence-corrected chi connectivity index (χ0v) is 19.0. The highest BCUT2D eigenvalue weighted by atomic mass is 127.